The fraction of sp³-hybridized carbons (Fsp3) is 0.571. The summed E-state index contributed by atoms with van der Waals surface area (Å²) in [5.41, 5.74) is 6.95. The standard InChI is InChI=1S/C14H17ClF3NO.ClH/c15-11-8-10(6-7-12(11)20-14(16,17)18)13(19)9-4-2-1-3-5-9;/h6-9,13H,1-5,19H2;1H/t13-;/m1./s1. The molecule has 21 heavy (non-hydrogen) atoms. The summed E-state index contributed by atoms with van der Waals surface area (Å²) in [5.74, 6) is -0.0204. The lowest BCUT2D eigenvalue weighted by Crippen LogP contribution is -2.23. The van der Waals surface area contributed by atoms with Crippen molar-refractivity contribution >= 4 is 24.0 Å². The minimum absolute atomic E-state index is 0. The molecule has 0 aliphatic heterocycles. The number of alkyl halides is 3. The lowest BCUT2D eigenvalue weighted by molar-refractivity contribution is -0.274. The smallest absolute Gasteiger partial charge is 0.404 e. The van der Waals surface area contributed by atoms with Crippen LogP contribution >= 0.6 is 24.0 Å². The van der Waals surface area contributed by atoms with E-state index in [4.69, 9.17) is 17.3 Å². The van der Waals surface area contributed by atoms with E-state index in [1.165, 1.54) is 18.6 Å². The molecular weight excluding hydrogens is 326 g/mol. The topological polar surface area (TPSA) is 35.2 Å². The Bertz CT molecular complexity index is 462. The van der Waals surface area contributed by atoms with Crippen LogP contribution < -0.4 is 10.5 Å². The Morgan fingerprint density at radius 3 is 2.33 bits per heavy atom. The molecule has 1 fully saturated rings. The van der Waals surface area contributed by atoms with Crippen molar-refractivity contribution in [2.45, 2.75) is 44.5 Å². The lowest BCUT2D eigenvalue weighted by Gasteiger charge is -2.28. The third-order valence-electron chi connectivity index (χ3n) is 3.72. The third kappa shape index (κ3) is 5.24. The van der Waals surface area contributed by atoms with Gasteiger partial charge in [-0.05, 0) is 36.5 Å². The van der Waals surface area contributed by atoms with Crippen molar-refractivity contribution in [3.8, 4) is 5.75 Å². The van der Waals surface area contributed by atoms with Crippen LogP contribution in [0.25, 0.3) is 0 Å². The van der Waals surface area contributed by atoms with Gasteiger partial charge in [0, 0.05) is 6.04 Å². The normalized spacial score (nSPS) is 18.0. The number of hydrogen-bond acceptors (Lipinski definition) is 2. The molecular formula is C14H18Cl2F3NO. The summed E-state index contributed by atoms with van der Waals surface area (Å²) in [6.45, 7) is 0. The highest BCUT2D eigenvalue weighted by Crippen LogP contribution is 2.36. The fourth-order valence-corrected chi connectivity index (χ4v) is 2.92. The predicted octanol–water partition coefficient (Wildman–Crippen LogP) is 5.24. The van der Waals surface area contributed by atoms with Crippen LogP contribution in [0.3, 0.4) is 0 Å². The Morgan fingerprint density at radius 2 is 1.81 bits per heavy atom. The summed E-state index contributed by atoms with van der Waals surface area (Å²) in [4.78, 5) is 0. The van der Waals surface area contributed by atoms with Gasteiger partial charge in [0.2, 0.25) is 0 Å². The molecule has 1 atom stereocenters. The van der Waals surface area contributed by atoms with Crippen molar-refractivity contribution in [1.82, 2.24) is 0 Å². The van der Waals surface area contributed by atoms with Crippen molar-refractivity contribution in [1.29, 1.82) is 0 Å². The first-order chi connectivity index (χ1) is 9.37. The molecule has 0 bridgehead atoms. The molecule has 2 nitrogen and oxygen atoms in total. The highest BCUT2D eigenvalue weighted by molar-refractivity contribution is 6.32. The maximum absolute atomic E-state index is 12.2. The van der Waals surface area contributed by atoms with E-state index in [1.807, 2.05) is 0 Å². The fourth-order valence-electron chi connectivity index (χ4n) is 2.70. The van der Waals surface area contributed by atoms with Crippen molar-refractivity contribution in [3.05, 3.63) is 28.8 Å². The second-order valence-corrected chi connectivity index (χ2v) is 5.57. The molecule has 0 spiro atoms. The van der Waals surface area contributed by atoms with Gasteiger partial charge in [-0.2, -0.15) is 0 Å². The summed E-state index contributed by atoms with van der Waals surface area (Å²) in [6.07, 6.45) is 0.904. The highest BCUT2D eigenvalue weighted by Gasteiger charge is 2.32. The zero-order valence-corrected chi connectivity index (χ0v) is 12.9. The summed E-state index contributed by atoms with van der Waals surface area (Å²) in [6, 6.07) is 4.08. The first kappa shape index (κ1) is 18.4. The summed E-state index contributed by atoms with van der Waals surface area (Å²) >= 11 is 5.84. The summed E-state index contributed by atoms with van der Waals surface area (Å²) < 4.78 is 40.3. The van der Waals surface area contributed by atoms with Gasteiger partial charge in [0.1, 0.15) is 5.75 Å². The lowest BCUT2D eigenvalue weighted by atomic mass is 9.81. The highest BCUT2D eigenvalue weighted by atomic mass is 35.5. The number of halogens is 5. The van der Waals surface area contributed by atoms with Gasteiger partial charge < -0.3 is 10.5 Å². The molecule has 0 aromatic heterocycles. The molecule has 1 aliphatic rings. The van der Waals surface area contributed by atoms with Gasteiger partial charge in [0.15, 0.2) is 0 Å². The largest absolute Gasteiger partial charge is 0.573 e. The van der Waals surface area contributed by atoms with E-state index < -0.39 is 12.1 Å². The van der Waals surface area contributed by atoms with Crippen molar-refractivity contribution in [3.63, 3.8) is 0 Å². The minimum Gasteiger partial charge on any atom is -0.404 e. The van der Waals surface area contributed by atoms with Gasteiger partial charge in [0.25, 0.3) is 0 Å². The van der Waals surface area contributed by atoms with Crippen LogP contribution in [0.15, 0.2) is 18.2 Å². The first-order valence-electron chi connectivity index (χ1n) is 6.67. The Labute approximate surface area is 133 Å². The van der Waals surface area contributed by atoms with Gasteiger partial charge in [-0.3, -0.25) is 0 Å². The molecule has 0 unspecified atom stereocenters. The summed E-state index contributed by atoms with van der Waals surface area (Å²) in [7, 11) is 0. The van der Waals surface area contributed by atoms with Crippen molar-refractivity contribution < 1.29 is 17.9 Å². The molecule has 1 saturated carbocycles. The molecule has 1 aromatic rings. The Balaban J connectivity index is 0.00000220. The number of ether oxygens (including phenoxy) is 1. The molecule has 0 heterocycles. The van der Waals surface area contributed by atoms with Gasteiger partial charge >= 0.3 is 6.36 Å². The van der Waals surface area contributed by atoms with Crippen LogP contribution in [-0.4, -0.2) is 6.36 Å². The van der Waals surface area contributed by atoms with E-state index in [0.717, 1.165) is 31.2 Å². The number of nitrogens with two attached hydrogens (primary N) is 1. The Kier molecular flexibility index (Phi) is 6.63. The van der Waals surface area contributed by atoms with Crippen LogP contribution in [0.1, 0.15) is 43.7 Å². The van der Waals surface area contributed by atoms with Crippen molar-refractivity contribution in [2.75, 3.05) is 0 Å². The molecule has 0 radical (unpaired) electrons. The zero-order valence-electron chi connectivity index (χ0n) is 11.3. The molecule has 2 rings (SSSR count). The SMILES string of the molecule is Cl.N[C@@H](c1ccc(OC(F)(F)F)c(Cl)c1)C1CCCCC1. The van der Waals surface area contributed by atoms with Crippen LogP contribution in [0.5, 0.6) is 5.75 Å². The van der Waals surface area contributed by atoms with Crippen LogP contribution in [0, 0.1) is 5.92 Å². The van der Waals surface area contributed by atoms with Crippen LogP contribution in [0.4, 0.5) is 13.2 Å². The number of hydrogen-bond donors (Lipinski definition) is 1. The van der Waals surface area contributed by atoms with Gasteiger partial charge in [-0.25, -0.2) is 0 Å². The maximum Gasteiger partial charge on any atom is 0.573 e. The summed E-state index contributed by atoms with van der Waals surface area (Å²) in [5, 5.41) is -0.0638. The van der Waals surface area contributed by atoms with Crippen LogP contribution in [-0.2, 0) is 0 Å². The monoisotopic (exact) mass is 343 g/mol. The van der Waals surface area contributed by atoms with E-state index in [2.05, 4.69) is 4.74 Å². The molecule has 1 aromatic carbocycles. The maximum atomic E-state index is 12.2. The molecule has 2 N–H and O–H groups in total. The second-order valence-electron chi connectivity index (χ2n) is 5.16. The van der Waals surface area contributed by atoms with Gasteiger partial charge in [-0.15, -0.1) is 25.6 Å². The quantitative estimate of drug-likeness (QED) is 0.814. The Morgan fingerprint density at radius 1 is 1.19 bits per heavy atom. The van der Waals surface area contributed by atoms with E-state index in [1.54, 1.807) is 6.07 Å². The molecule has 1 aliphatic carbocycles. The average Bonchev–Trinajstić information content (AvgIpc) is 2.40. The van der Waals surface area contributed by atoms with Crippen LogP contribution in [0.2, 0.25) is 5.02 Å². The molecule has 0 amide bonds. The first-order valence-corrected chi connectivity index (χ1v) is 7.05. The van der Waals surface area contributed by atoms with E-state index in [-0.39, 0.29) is 23.5 Å². The number of rotatable bonds is 3. The van der Waals surface area contributed by atoms with Gasteiger partial charge in [0.05, 0.1) is 5.02 Å². The third-order valence-corrected chi connectivity index (χ3v) is 4.02. The molecule has 120 valence electrons. The molecule has 0 saturated heterocycles. The zero-order chi connectivity index (χ0) is 14.8. The van der Waals surface area contributed by atoms with E-state index >= 15 is 0 Å². The van der Waals surface area contributed by atoms with Gasteiger partial charge in [-0.1, -0.05) is 36.9 Å². The average molecular weight is 344 g/mol. The Hall–Kier alpha value is -0.650. The molecule has 7 heteroatoms. The van der Waals surface area contributed by atoms with E-state index in [9.17, 15) is 13.2 Å². The minimum atomic E-state index is -4.74. The number of benzene rings is 1. The predicted molar refractivity (Wildman–Crippen MR) is 78.9 cm³/mol. The van der Waals surface area contributed by atoms with E-state index in [0.29, 0.717) is 5.92 Å². The second kappa shape index (κ2) is 7.56. The van der Waals surface area contributed by atoms with Crippen molar-refractivity contribution in [2.24, 2.45) is 11.7 Å².